The fourth-order valence-electron chi connectivity index (χ4n) is 1.85. The maximum atomic E-state index is 11.8. The van der Waals surface area contributed by atoms with E-state index < -0.39 is 12.1 Å². The Kier molecular flexibility index (Phi) is 8.72. The summed E-state index contributed by atoms with van der Waals surface area (Å²) in [5, 5.41) is 0. The summed E-state index contributed by atoms with van der Waals surface area (Å²) >= 11 is 0. The van der Waals surface area contributed by atoms with Crippen LogP contribution in [0.1, 0.15) is 38.2 Å². The number of hydrogen-bond donors (Lipinski definition) is 0. The average Bonchev–Trinajstić information content (AvgIpc) is 2.53. The molecule has 1 aromatic carbocycles. The second kappa shape index (κ2) is 10.7. The van der Waals surface area contributed by atoms with Gasteiger partial charge in [0.05, 0.1) is 6.61 Å². The van der Waals surface area contributed by atoms with E-state index in [1.54, 1.807) is 0 Å². The molecule has 0 radical (unpaired) electrons. The highest BCUT2D eigenvalue weighted by atomic mass is 16.6. The van der Waals surface area contributed by atoms with Crippen LogP contribution < -0.4 is 0 Å². The van der Waals surface area contributed by atoms with Gasteiger partial charge in [-0.05, 0) is 12.0 Å². The maximum absolute atomic E-state index is 11.8. The van der Waals surface area contributed by atoms with Crippen LogP contribution >= 0.6 is 0 Å². The van der Waals surface area contributed by atoms with Gasteiger partial charge in [0.2, 0.25) is 0 Å². The molecule has 1 rings (SSSR count). The van der Waals surface area contributed by atoms with Crippen molar-refractivity contribution >= 4 is 12.1 Å². The molecule has 0 heterocycles. The molecular weight excluding hydrogens is 282 g/mol. The summed E-state index contributed by atoms with van der Waals surface area (Å²) in [6, 6.07) is 9.40. The summed E-state index contributed by atoms with van der Waals surface area (Å²) in [5.41, 5.74) is 0.905. The quantitative estimate of drug-likeness (QED) is 0.518. The smallest absolute Gasteiger partial charge is 0.410 e. The first kappa shape index (κ1) is 18.0. The molecule has 0 unspecified atom stereocenters. The van der Waals surface area contributed by atoms with Crippen molar-refractivity contribution in [2.45, 2.75) is 39.2 Å². The van der Waals surface area contributed by atoms with Crippen molar-refractivity contribution in [2.75, 3.05) is 20.2 Å². The zero-order chi connectivity index (χ0) is 16.2. The molecule has 0 aliphatic rings. The maximum Gasteiger partial charge on any atom is 0.410 e. The monoisotopic (exact) mass is 307 g/mol. The van der Waals surface area contributed by atoms with Crippen LogP contribution in [0.3, 0.4) is 0 Å². The molecule has 0 aliphatic carbocycles. The third-order valence-corrected chi connectivity index (χ3v) is 3.14. The Morgan fingerprint density at radius 1 is 1.05 bits per heavy atom. The summed E-state index contributed by atoms with van der Waals surface area (Å²) in [7, 11) is 1.52. The van der Waals surface area contributed by atoms with Crippen LogP contribution in [0.4, 0.5) is 4.79 Å². The van der Waals surface area contributed by atoms with Gasteiger partial charge in [-0.1, -0.05) is 56.5 Å². The number of hydrogen-bond acceptors (Lipinski definition) is 4. The summed E-state index contributed by atoms with van der Waals surface area (Å²) in [5.74, 6) is -0.407. The Morgan fingerprint density at radius 2 is 1.77 bits per heavy atom. The van der Waals surface area contributed by atoms with Gasteiger partial charge in [-0.25, -0.2) is 4.79 Å². The predicted octanol–water partition coefficient (Wildman–Crippen LogP) is 3.38. The number of rotatable bonds is 9. The van der Waals surface area contributed by atoms with E-state index in [4.69, 9.17) is 9.47 Å². The van der Waals surface area contributed by atoms with Crippen molar-refractivity contribution in [1.29, 1.82) is 0 Å². The highest BCUT2D eigenvalue weighted by Crippen LogP contribution is 2.03. The number of likely N-dealkylation sites (N-methyl/N-ethyl adjacent to an activating group) is 1. The van der Waals surface area contributed by atoms with E-state index >= 15 is 0 Å². The standard InChI is InChI=1S/C17H25NO4/c1-3-4-5-9-12-21-16(19)13-18(2)17(20)22-14-15-10-7-6-8-11-15/h6-8,10-11H,3-5,9,12-14H2,1-2H3. The second-order valence-corrected chi connectivity index (χ2v) is 5.18. The number of benzene rings is 1. The van der Waals surface area contributed by atoms with Crippen LogP contribution in [0.15, 0.2) is 30.3 Å². The lowest BCUT2D eigenvalue weighted by atomic mass is 10.2. The first-order valence-corrected chi connectivity index (χ1v) is 7.71. The summed E-state index contributed by atoms with van der Waals surface area (Å²) < 4.78 is 10.2. The van der Waals surface area contributed by atoms with Gasteiger partial charge in [0, 0.05) is 7.05 Å². The van der Waals surface area contributed by atoms with Gasteiger partial charge in [-0.3, -0.25) is 4.79 Å². The Labute approximate surface area is 132 Å². The fraction of sp³-hybridized carbons (Fsp3) is 0.529. The van der Waals surface area contributed by atoms with E-state index in [-0.39, 0.29) is 13.2 Å². The lowest BCUT2D eigenvalue weighted by molar-refractivity contribution is -0.144. The molecular formula is C17H25NO4. The topological polar surface area (TPSA) is 55.8 Å². The van der Waals surface area contributed by atoms with E-state index in [1.807, 2.05) is 30.3 Å². The van der Waals surface area contributed by atoms with Crippen LogP contribution in [-0.4, -0.2) is 37.2 Å². The highest BCUT2D eigenvalue weighted by Gasteiger charge is 2.15. The lowest BCUT2D eigenvalue weighted by Gasteiger charge is -2.16. The zero-order valence-electron chi connectivity index (χ0n) is 13.4. The third kappa shape index (κ3) is 7.67. The van der Waals surface area contributed by atoms with Crippen molar-refractivity contribution in [1.82, 2.24) is 4.90 Å². The number of amides is 1. The van der Waals surface area contributed by atoms with Crippen LogP contribution in [-0.2, 0) is 20.9 Å². The number of unbranched alkanes of at least 4 members (excludes halogenated alkanes) is 3. The largest absolute Gasteiger partial charge is 0.464 e. The molecule has 0 saturated carbocycles. The minimum absolute atomic E-state index is 0.0958. The molecule has 0 aromatic heterocycles. The molecule has 0 spiro atoms. The second-order valence-electron chi connectivity index (χ2n) is 5.18. The molecule has 122 valence electrons. The minimum atomic E-state index is -0.535. The molecule has 1 amide bonds. The van der Waals surface area contributed by atoms with Gasteiger partial charge in [-0.2, -0.15) is 0 Å². The Morgan fingerprint density at radius 3 is 2.45 bits per heavy atom. The van der Waals surface area contributed by atoms with Crippen LogP contribution in [0.5, 0.6) is 0 Å². The minimum Gasteiger partial charge on any atom is -0.464 e. The molecule has 0 bridgehead atoms. The van der Waals surface area contributed by atoms with E-state index in [1.165, 1.54) is 11.9 Å². The van der Waals surface area contributed by atoms with E-state index in [2.05, 4.69) is 6.92 Å². The normalized spacial score (nSPS) is 10.1. The predicted molar refractivity (Wildman–Crippen MR) is 84.4 cm³/mol. The van der Waals surface area contributed by atoms with Crippen molar-refractivity contribution in [3.05, 3.63) is 35.9 Å². The SMILES string of the molecule is CCCCCCOC(=O)CN(C)C(=O)OCc1ccccc1. The summed E-state index contributed by atoms with van der Waals surface area (Å²) in [6.07, 6.45) is 3.67. The molecule has 1 aromatic rings. The third-order valence-electron chi connectivity index (χ3n) is 3.14. The number of esters is 1. The van der Waals surface area contributed by atoms with Gasteiger partial charge in [0.1, 0.15) is 13.2 Å². The molecule has 5 nitrogen and oxygen atoms in total. The van der Waals surface area contributed by atoms with E-state index in [0.717, 1.165) is 31.2 Å². The van der Waals surface area contributed by atoms with Crippen LogP contribution in [0.2, 0.25) is 0 Å². The molecule has 0 aliphatic heterocycles. The first-order chi connectivity index (χ1) is 10.6. The van der Waals surface area contributed by atoms with E-state index in [0.29, 0.717) is 6.61 Å². The Balaban J connectivity index is 2.18. The molecule has 0 fully saturated rings. The lowest BCUT2D eigenvalue weighted by Crippen LogP contribution is -2.33. The fourth-order valence-corrected chi connectivity index (χ4v) is 1.85. The van der Waals surface area contributed by atoms with Crippen molar-refractivity contribution in [3.63, 3.8) is 0 Å². The summed E-state index contributed by atoms with van der Waals surface area (Å²) in [4.78, 5) is 24.6. The first-order valence-electron chi connectivity index (χ1n) is 7.71. The van der Waals surface area contributed by atoms with Crippen molar-refractivity contribution < 1.29 is 19.1 Å². The summed E-state index contributed by atoms with van der Waals surface area (Å²) in [6.45, 7) is 2.63. The molecule has 0 N–H and O–H groups in total. The van der Waals surface area contributed by atoms with Gasteiger partial charge >= 0.3 is 12.1 Å². The Hall–Kier alpha value is -2.04. The molecule has 0 saturated heterocycles. The number of ether oxygens (including phenoxy) is 2. The number of nitrogens with zero attached hydrogens (tertiary/aromatic N) is 1. The van der Waals surface area contributed by atoms with Crippen molar-refractivity contribution in [2.24, 2.45) is 0 Å². The van der Waals surface area contributed by atoms with Gasteiger partial charge in [0.25, 0.3) is 0 Å². The average molecular weight is 307 g/mol. The van der Waals surface area contributed by atoms with E-state index in [9.17, 15) is 9.59 Å². The van der Waals surface area contributed by atoms with Crippen LogP contribution in [0, 0.1) is 0 Å². The van der Waals surface area contributed by atoms with Gasteiger partial charge in [0.15, 0.2) is 0 Å². The van der Waals surface area contributed by atoms with Gasteiger partial charge in [-0.15, -0.1) is 0 Å². The van der Waals surface area contributed by atoms with Crippen LogP contribution in [0.25, 0.3) is 0 Å². The number of carbonyl (C=O) groups excluding carboxylic acids is 2. The van der Waals surface area contributed by atoms with Crippen molar-refractivity contribution in [3.8, 4) is 0 Å². The molecule has 22 heavy (non-hydrogen) atoms. The molecule has 5 heteroatoms. The number of carbonyl (C=O) groups is 2. The molecule has 0 atom stereocenters. The highest BCUT2D eigenvalue weighted by molar-refractivity contribution is 5.77. The Bertz CT molecular complexity index is 447. The zero-order valence-corrected chi connectivity index (χ0v) is 13.4. The van der Waals surface area contributed by atoms with Gasteiger partial charge < -0.3 is 14.4 Å².